The molecule has 0 heterocycles. The van der Waals surface area contributed by atoms with Gasteiger partial charge >= 0.3 is 0 Å². The summed E-state index contributed by atoms with van der Waals surface area (Å²) in [7, 11) is -3.83. The molecule has 0 bridgehead atoms. The standard InChI is InChI=1S/C22H26Cl3N3O4S/c1-14(2)26-22(30)15(3)27(12-16-8-9-19(24)20(25)10-16)21(29)13-28(33(4,31)32)18-7-5-6-17(23)11-18/h5-11,14-15H,12-13H2,1-4H3,(H,26,30)/t15-/m1/s1. The minimum Gasteiger partial charge on any atom is -0.352 e. The Morgan fingerprint density at radius 1 is 1.00 bits per heavy atom. The van der Waals surface area contributed by atoms with E-state index in [1.807, 2.05) is 0 Å². The summed E-state index contributed by atoms with van der Waals surface area (Å²) >= 11 is 18.1. The van der Waals surface area contributed by atoms with Crippen molar-refractivity contribution >= 4 is 62.3 Å². The molecule has 0 radical (unpaired) electrons. The summed E-state index contributed by atoms with van der Waals surface area (Å²) in [4.78, 5) is 27.4. The molecule has 33 heavy (non-hydrogen) atoms. The van der Waals surface area contributed by atoms with Crippen molar-refractivity contribution in [3.63, 3.8) is 0 Å². The molecule has 0 aliphatic rings. The lowest BCUT2D eigenvalue weighted by Gasteiger charge is -2.32. The Morgan fingerprint density at radius 2 is 1.67 bits per heavy atom. The minimum absolute atomic E-state index is 0.0234. The van der Waals surface area contributed by atoms with E-state index < -0.39 is 28.5 Å². The Hall–Kier alpha value is -2.00. The van der Waals surface area contributed by atoms with Gasteiger partial charge in [-0.3, -0.25) is 13.9 Å². The van der Waals surface area contributed by atoms with Crippen molar-refractivity contribution in [1.82, 2.24) is 10.2 Å². The van der Waals surface area contributed by atoms with Gasteiger partial charge in [0.1, 0.15) is 12.6 Å². The van der Waals surface area contributed by atoms with Crippen LogP contribution < -0.4 is 9.62 Å². The van der Waals surface area contributed by atoms with Gasteiger partial charge in [-0.1, -0.05) is 46.9 Å². The predicted octanol–water partition coefficient (Wildman–Crippen LogP) is 4.35. The topological polar surface area (TPSA) is 86.8 Å². The Balaban J connectivity index is 2.41. The van der Waals surface area contributed by atoms with Gasteiger partial charge in [-0.05, 0) is 56.7 Å². The van der Waals surface area contributed by atoms with Crippen LogP contribution in [-0.2, 0) is 26.2 Å². The smallest absolute Gasteiger partial charge is 0.244 e. The van der Waals surface area contributed by atoms with E-state index in [0.29, 0.717) is 20.6 Å². The molecule has 0 saturated heterocycles. The number of anilines is 1. The second-order valence-corrected chi connectivity index (χ2v) is 11.0. The van der Waals surface area contributed by atoms with Gasteiger partial charge in [-0.25, -0.2) is 8.42 Å². The average Bonchev–Trinajstić information content (AvgIpc) is 2.70. The summed E-state index contributed by atoms with van der Waals surface area (Å²) in [5, 5.41) is 3.76. The third kappa shape index (κ3) is 7.78. The second-order valence-electron chi connectivity index (χ2n) is 7.86. The molecule has 2 amide bonds. The van der Waals surface area contributed by atoms with E-state index >= 15 is 0 Å². The first-order chi connectivity index (χ1) is 15.3. The average molecular weight is 535 g/mol. The maximum absolute atomic E-state index is 13.4. The van der Waals surface area contributed by atoms with Gasteiger partial charge in [-0.15, -0.1) is 0 Å². The molecule has 11 heteroatoms. The zero-order valence-corrected chi connectivity index (χ0v) is 21.8. The quantitative estimate of drug-likeness (QED) is 0.518. The lowest BCUT2D eigenvalue weighted by atomic mass is 10.1. The van der Waals surface area contributed by atoms with E-state index in [0.717, 1.165) is 10.6 Å². The summed E-state index contributed by atoms with van der Waals surface area (Å²) in [6.45, 7) is 4.70. The molecule has 0 aliphatic carbocycles. The SMILES string of the molecule is CC(C)NC(=O)[C@@H](C)N(Cc1ccc(Cl)c(Cl)c1)C(=O)CN(c1cccc(Cl)c1)S(C)(=O)=O. The molecule has 0 aromatic heterocycles. The Morgan fingerprint density at radius 3 is 2.21 bits per heavy atom. The van der Waals surface area contributed by atoms with Gasteiger partial charge in [0, 0.05) is 17.6 Å². The van der Waals surface area contributed by atoms with Crippen LogP contribution in [0.5, 0.6) is 0 Å². The summed E-state index contributed by atoms with van der Waals surface area (Å²) in [6, 6.07) is 10.0. The number of hydrogen-bond acceptors (Lipinski definition) is 4. The van der Waals surface area contributed by atoms with Gasteiger partial charge in [-0.2, -0.15) is 0 Å². The largest absolute Gasteiger partial charge is 0.352 e. The summed E-state index contributed by atoms with van der Waals surface area (Å²) in [5.41, 5.74) is 0.878. The molecule has 2 aromatic rings. The van der Waals surface area contributed by atoms with Crippen LogP contribution in [0.3, 0.4) is 0 Å². The van der Waals surface area contributed by atoms with Crippen molar-refractivity contribution in [2.75, 3.05) is 17.1 Å². The van der Waals surface area contributed by atoms with Crippen LogP contribution in [-0.4, -0.2) is 50.0 Å². The van der Waals surface area contributed by atoms with Crippen LogP contribution in [0.1, 0.15) is 26.3 Å². The van der Waals surface area contributed by atoms with Crippen LogP contribution in [0.2, 0.25) is 15.1 Å². The lowest BCUT2D eigenvalue weighted by Crippen LogP contribution is -2.52. The van der Waals surface area contributed by atoms with Crippen molar-refractivity contribution in [2.45, 2.75) is 39.4 Å². The Kier molecular flexibility index (Phi) is 9.43. The van der Waals surface area contributed by atoms with Crippen molar-refractivity contribution in [2.24, 2.45) is 0 Å². The number of halogens is 3. The number of amides is 2. The zero-order valence-electron chi connectivity index (χ0n) is 18.7. The maximum atomic E-state index is 13.4. The molecular weight excluding hydrogens is 509 g/mol. The predicted molar refractivity (Wildman–Crippen MR) is 133 cm³/mol. The van der Waals surface area contributed by atoms with Gasteiger partial charge in [0.25, 0.3) is 0 Å². The van der Waals surface area contributed by atoms with E-state index in [9.17, 15) is 18.0 Å². The van der Waals surface area contributed by atoms with Crippen molar-refractivity contribution in [1.29, 1.82) is 0 Å². The third-order valence-electron chi connectivity index (χ3n) is 4.71. The first kappa shape index (κ1) is 27.2. The van der Waals surface area contributed by atoms with E-state index in [1.54, 1.807) is 57.2 Å². The highest BCUT2D eigenvalue weighted by Crippen LogP contribution is 2.25. The molecule has 1 N–H and O–H groups in total. The van der Waals surface area contributed by atoms with Gasteiger partial charge in [0.05, 0.1) is 22.0 Å². The van der Waals surface area contributed by atoms with Crippen molar-refractivity contribution < 1.29 is 18.0 Å². The number of rotatable bonds is 9. The van der Waals surface area contributed by atoms with E-state index in [-0.39, 0.29) is 24.2 Å². The van der Waals surface area contributed by atoms with Crippen LogP contribution in [0, 0.1) is 0 Å². The van der Waals surface area contributed by atoms with Crippen molar-refractivity contribution in [3.8, 4) is 0 Å². The van der Waals surface area contributed by atoms with Gasteiger partial charge in [0.15, 0.2) is 0 Å². The highest BCUT2D eigenvalue weighted by molar-refractivity contribution is 7.92. The minimum atomic E-state index is -3.83. The molecule has 7 nitrogen and oxygen atoms in total. The summed E-state index contributed by atoms with van der Waals surface area (Å²) in [6.07, 6.45) is 0.999. The zero-order chi connectivity index (χ0) is 24.9. The number of hydrogen-bond donors (Lipinski definition) is 1. The molecule has 0 spiro atoms. The number of carbonyl (C=O) groups is 2. The highest BCUT2D eigenvalue weighted by Gasteiger charge is 2.30. The van der Waals surface area contributed by atoms with Crippen molar-refractivity contribution in [3.05, 3.63) is 63.1 Å². The molecule has 1 atom stereocenters. The Bertz CT molecular complexity index is 1130. The molecule has 0 unspecified atom stereocenters. The first-order valence-corrected chi connectivity index (χ1v) is 13.0. The highest BCUT2D eigenvalue weighted by atomic mass is 35.5. The number of benzene rings is 2. The molecule has 0 fully saturated rings. The molecule has 2 aromatic carbocycles. The van der Waals surface area contributed by atoms with Gasteiger partial charge in [0.2, 0.25) is 21.8 Å². The monoisotopic (exact) mass is 533 g/mol. The van der Waals surface area contributed by atoms with E-state index in [4.69, 9.17) is 34.8 Å². The number of carbonyl (C=O) groups excluding carboxylic acids is 2. The first-order valence-electron chi connectivity index (χ1n) is 10.1. The van der Waals surface area contributed by atoms with Crippen LogP contribution in [0.4, 0.5) is 5.69 Å². The summed E-state index contributed by atoms with van der Waals surface area (Å²) < 4.78 is 25.9. The van der Waals surface area contributed by atoms with Gasteiger partial charge < -0.3 is 10.2 Å². The normalized spacial score (nSPS) is 12.4. The van der Waals surface area contributed by atoms with E-state index in [1.165, 1.54) is 11.0 Å². The maximum Gasteiger partial charge on any atom is 0.244 e. The van der Waals surface area contributed by atoms with Crippen LogP contribution >= 0.6 is 34.8 Å². The molecule has 2 rings (SSSR count). The molecule has 0 saturated carbocycles. The van der Waals surface area contributed by atoms with Crippen LogP contribution in [0.25, 0.3) is 0 Å². The molecule has 180 valence electrons. The number of sulfonamides is 1. The second kappa shape index (κ2) is 11.4. The molecular formula is C22H26Cl3N3O4S. The Labute approximate surface area is 209 Å². The fraction of sp³-hybridized carbons (Fsp3) is 0.364. The number of nitrogens with zero attached hydrogens (tertiary/aromatic N) is 2. The lowest BCUT2D eigenvalue weighted by molar-refractivity contribution is -0.139. The van der Waals surface area contributed by atoms with E-state index in [2.05, 4.69) is 5.32 Å². The fourth-order valence-electron chi connectivity index (χ4n) is 3.07. The third-order valence-corrected chi connectivity index (χ3v) is 6.83. The fourth-order valence-corrected chi connectivity index (χ4v) is 4.41. The molecule has 0 aliphatic heterocycles. The van der Waals surface area contributed by atoms with Crippen LogP contribution in [0.15, 0.2) is 42.5 Å². The number of nitrogens with one attached hydrogen (secondary N) is 1. The summed E-state index contributed by atoms with van der Waals surface area (Å²) in [5.74, 6) is -0.940.